The van der Waals surface area contributed by atoms with Crippen molar-refractivity contribution in [2.24, 2.45) is 0 Å². The number of thioether (sulfide) groups is 1. The molecule has 0 aromatic heterocycles. The van der Waals surface area contributed by atoms with Gasteiger partial charge in [0.2, 0.25) is 0 Å². The van der Waals surface area contributed by atoms with Crippen LogP contribution in [0.4, 0.5) is 5.69 Å². The van der Waals surface area contributed by atoms with Gasteiger partial charge in [0.1, 0.15) is 0 Å². The highest BCUT2D eigenvalue weighted by molar-refractivity contribution is 8.04. The summed E-state index contributed by atoms with van der Waals surface area (Å²) in [6.07, 6.45) is 1.89. The summed E-state index contributed by atoms with van der Waals surface area (Å²) in [5.41, 5.74) is 4.52. The van der Waals surface area contributed by atoms with E-state index < -0.39 is 0 Å². The highest BCUT2D eigenvalue weighted by Crippen LogP contribution is 2.39. The molecule has 4 nitrogen and oxygen atoms in total. The van der Waals surface area contributed by atoms with Crippen LogP contribution in [0.3, 0.4) is 0 Å². The lowest BCUT2D eigenvalue weighted by molar-refractivity contribution is -0.112. The number of carbonyl (C=O) groups excluding carboxylic acids is 2. The van der Waals surface area contributed by atoms with Crippen molar-refractivity contribution in [3.05, 3.63) is 100.0 Å². The van der Waals surface area contributed by atoms with Crippen molar-refractivity contribution in [3.63, 3.8) is 0 Å². The molecule has 5 heteroatoms. The van der Waals surface area contributed by atoms with Crippen LogP contribution in [0.2, 0.25) is 0 Å². The number of aryl methyl sites for hydroxylation is 1. The molecule has 31 heavy (non-hydrogen) atoms. The minimum Gasteiger partial charge on any atom is -0.351 e. The van der Waals surface area contributed by atoms with E-state index in [0.717, 1.165) is 16.0 Å². The first-order chi connectivity index (χ1) is 15.0. The van der Waals surface area contributed by atoms with E-state index in [9.17, 15) is 9.59 Å². The zero-order chi connectivity index (χ0) is 21.8. The zero-order valence-corrected chi connectivity index (χ0v) is 18.3. The minimum atomic E-state index is -0.158. The van der Waals surface area contributed by atoms with Crippen LogP contribution in [0.5, 0.6) is 0 Å². The molecule has 0 aliphatic carbocycles. The minimum absolute atomic E-state index is 0.147. The third-order valence-electron chi connectivity index (χ3n) is 5.21. The Morgan fingerprint density at radius 1 is 1.06 bits per heavy atom. The lowest BCUT2D eigenvalue weighted by atomic mass is 10.0. The van der Waals surface area contributed by atoms with Gasteiger partial charge < -0.3 is 10.6 Å². The predicted octanol–water partition coefficient (Wildman–Crippen LogP) is 5.61. The van der Waals surface area contributed by atoms with Crippen LogP contribution >= 0.6 is 11.8 Å². The summed E-state index contributed by atoms with van der Waals surface area (Å²) in [6.45, 7) is 4.66. The zero-order valence-electron chi connectivity index (χ0n) is 17.5. The SMILES string of the molecule is Cc1cccc(/C=C2/Sc3ccc(C(=O)NCC(C)c4ccccc4)cc3NC2=O)c1. The van der Waals surface area contributed by atoms with Gasteiger partial charge >= 0.3 is 0 Å². The van der Waals surface area contributed by atoms with E-state index in [0.29, 0.717) is 22.7 Å². The second-order valence-electron chi connectivity index (χ2n) is 7.71. The molecule has 3 aromatic rings. The number of anilines is 1. The fraction of sp³-hybridized carbons (Fsp3) is 0.154. The Kier molecular flexibility index (Phi) is 6.23. The van der Waals surface area contributed by atoms with Crippen LogP contribution in [0, 0.1) is 6.92 Å². The molecule has 0 fully saturated rings. The first-order valence-electron chi connectivity index (χ1n) is 10.2. The van der Waals surface area contributed by atoms with E-state index >= 15 is 0 Å². The maximum Gasteiger partial charge on any atom is 0.262 e. The van der Waals surface area contributed by atoms with Crippen molar-refractivity contribution in [2.45, 2.75) is 24.7 Å². The molecule has 0 saturated heterocycles. The Hall–Kier alpha value is -3.31. The molecular formula is C26H24N2O2S. The summed E-state index contributed by atoms with van der Waals surface area (Å²) in [4.78, 5) is 26.8. The molecule has 1 heterocycles. The molecule has 0 radical (unpaired) electrons. The molecule has 1 unspecified atom stereocenters. The fourth-order valence-electron chi connectivity index (χ4n) is 3.46. The number of rotatable bonds is 5. The molecule has 4 rings (SSSR count). The van der Waals surface area contributed by atoms with E-state index in [1.165, 1.54) is 17.3 Å². The lowest BCUT2D eigenvalue weighted by Crippen LogP contribution is -2.28. The Bertz CT molecular complexity index is 1160. The highest BCUT2D eigenvalue weighted by Gasteiger charge is 2.22. The smallest absolute Gasteiger partial charge is 0.262 e. The van der Waals surface area contributed by atoms with Gasteiger partial charge in [0.25, 0.3) is 11.8 Å². The Balaban J connectivity index is 1.45. The Labute approximate surface area is 186 Å². The maximum atomic E-state index is 12.6. The molecule has 0 bridgehead atoms. The summed E-state index contributed by atoms with van der Waals surface area (Å²) in [6, 6.07) is 23.6. The second-order valence-corrected chi connectivity index (χ2v) is 8.80. The normalized spacial score (nSPS) is 15.2. The van der Waals surface area contributed by atoms with Crippen LogP contribution in [0.25, 0.3) is 6.08 Å². The van der Waals surface area contributed by atoms with Gasteiger partial charge in [-0.15, -0.1) is 0 Å². The van der Waals surface area contributed by atoms with Crippen molar-refractivity contribution in [1.29, 1.82) is 0 Å². The third kappa shape index (κ3) is 5.06. The summed E-state index contributed by atoms with van der Waals surface area (Å²) in [5, 5.41) is 5.91. The largest absolute Gasteiger partial charge is 0.351 e. The number of hydrogen-bond acceptors (Lipinski definition) is 3. The van der Waals surface area contributed by atoms with Crippen molar-refractivity contribution < 1.29 is 9.59 Å². The molecule has 2 N–H and O–H groups in total. The summed E-state index contributed by atoms with van der Waals surface area (Å²) >= 11 is 1.42. The fourth-order valence-corrected chi connectivity index (χ4v) is 4.39. The molecule has 0 saturated carbocycles. The van der Waals surface area contributed by atoms with Gasteiger partial charge in [-0.3, -0.25) is 9.59 Å². The summed E-state index contributed by atoms with van der Waals surface area (Å²) < 4.78 is 0. The van der Waals surface area contributed by atoms with Crippen molar-refractivity contribution in [3.8, 4) is 0 Å². The van der Waals surface area contributed by atoms with E-state index in [2.05, 4.69) is 29.7 Å². The van der Waals surface area contributed by atoms with E-state index in [1.54, 1.807) is 12.1 Å². The van der Waals surface area contributed by atoms with Crippen LogP contribution in [-0.4, -0.2) is 18.4 Å². The van der Waals surface area contributed by atoms with Crippen molar-refractivity contribution >= 4 is 35.3 Å². The number of fused-ring (bicyclic) bond motifs is 1. The van der Waals surface area contributed by atoms with Crippen molar-refractivity contribution in [1.82, 2.24) is 5.32 Å². The molecular weight excluding hydrogens is 404 g/mol. The van der Waals surface area contributed by atoms with Gasteiger partial charge in [0.15, 0.2) is 0 Å². The quantitative estimate of drug-likeness (QED) is 0.519. The van der Waals surface area contributed by atoms with Crippen LogP contribution in [0.15, 0.2) is 82.6 Å². The van der Waals surface area contributed by atoms with Gasteiger partial charge in [-0.05, 0) is 48.2 Å². The molecule has 1 aliphatic heterocycles. The van der Waals surface area contributed by atoms with Gasteiger partial charge in [-0.25, -0.2) is 0 Å². The predicted molar refractivity (Wildman–Crippen MR) is 127 cm³/mol. The topological polar surface area (TPSA) is 58.2 Å². The van der Waals surface area contributed by atoms with Crippen LogP contribution in [0.1, 0.15) is 39.9 Å². The van der Waals surface area contributed by atoms with Crippen LogP contribution in [-0.2, 0) is 4.79 Å². The van der Waals surface area contributed by atoms with E-state index in [-0.39, 0.29) is 17.7 Å². The number of carbonyl (C=O) groups is 2. The average molecular weight is 429 g/mol. The number of benzene rings is 3. The first kappa shape index (κ1) is 20.9. The number of hydrogen-bond donors (Lipinski definition) is 2. The van der Waals surface area contributed by atoms with E-state index in [4.69, 9.17) is 0 Å². The molecule has 0 spiro atoms. The first-order valence-corrected chi connectivity index (χ1v) is 11.1. The molecule has 2 amide bonds. The molecule has 3 aromatic carbocycles. The third-order valence-corrected chi connectivity index (χ3v) is 6.31. The van der Waals surface area contributed by atoms with Crippen LogP contribution < -0.4 is 10.6 Å². The number of amides is 2. The number of nitrogens with one attached hydrogen (secondary N) is 2. The molecule has 156 valence electrons. The van der Waals surface area contributed by atoms with Gasteiger partial charge in [-0.2, -0.15) is 0 Å². The average Bonchev–Trinajstić information content (AvgIpc) is 2.78. The lowest BCUT2D eigenvalue weighted by Gasteiger charge is -2.20. The highest BCUT2D eigenvalue weighted by atomic mass is 32.2. The van der Waals surface area contributed by atoms with Crippen molar-refractivity contribution in [2.75, 3.05) is 11.9 Å². The Morgan fingerprint density at radius 3 is 2.65 bits per heavy atom. The molecule has 1 aliphatic rings. The molecule has 1 atom stereocenters. The van der Waals surface area contributed by atoms with E-state index in [1.807, 2.05) is 61.5 Å². The van der Waals surface area contributed by atoms with Gasteiger partial charge in [-0.1, -0.05) is 78.8 Å². The monoisotopic (exact) mass is 428 g/mol. The second kappa shape index (κ2) is 9.23. The summed E-state index contributed by atoms with van der Waals surface area (Å²) in [7, 11) is 0. The Morgan fingerprint density at radius 2 is 1.87 bits per heavy atom. The standard InChI is InChI=1S/C26H24N2O2S/c1-17-7-6-8-19(13-17)14-24-26(30)28-22-15-21(11-12-23(22)31-24)25(29)27-16-18(2)20-9-4-3-5-10-20/h3-15,18H,16H2,1-2H3,(H,27,29)(H,28,30)/b24-14+. The van der Waals surface area contributed by atoms with Gasteiger partial charge in [0.05, 0.1) is 10.6 Å². The summed E-state index contributed by atoms with van der Waals surface area (Å²) in [5.74, 6) is -0.0902. The van der Waals surface area contributed by atoms with Gasteiger partial charge in [0, 0.05) is 17.0 Å². The maximum absolute atomic E-state index is 12.6.